The number of carbonyl (C=O) groups excluding carboxylic acids is 3. The van der Waals surface area contributed by atoms with Gasteiger partial charge in [-0.15, -0.1) is 0 Å². The summed E-state index contributed by atoms with van der Waals surface area (Å²) in [5, 5.41) is 16.0. The SMILES string of the molecule is O=C(C[C@@H]1NC(=O)N(CCc2c[nH]c3ccccc23)C1=O)N[C@@H](CO)Cc1ccccc1. The summed E-state index contributed by atoms with van der Waals surface area (Å²) in [5.74, 6) is -0.800. The number of amides is 4. The van der Waals surface area contributed by atoms with Crippen LogP contribution in [-0.4, -0.2) is 58.1 Å². The van der Waals surface area contributed by atoms with Crippen LogP contribution in [-0.2, 0) is 22.4 Å². The first-order chi connectivity index (χ1) is 15.5. The zero-order valence-corrected chi connectivity index (χ0v) is 17.6. The second-order valence-electron chi connectivity index (χ2n) is 7.94. The van der Waals surface area contributed by atoms with Crippen molar-refractivity contribution in [2.24, 2.45) is 0 Å². The summed E-state index contributed by atoms with van der Waals surface area (Å²) in [4.78, 5) is 41.9. The quantitative estimate of drug-likeness (QED) is 0.384. The number of hydrogen-bond donors (Lipinski definition) is 4. The standard InChI is InChI=1S/C24H26N4O4/c29-15-18(12-16-6-2-1-3-7-16)26-22(30)13-21-23(31)28(24(32)27-21)11-10-17-14-25-20-9-5-4-8-19(17)20/h1-9,14,18,21,25,29H,10-13,15H2,(H,26,30)(H,27,32)/t18-,21+/m1/s1. The summed E-state index contributed by atoms with van der Waals surface area (Å²) in [5.41, 5.74) is 3.01. The number of carbonyl (C=O) groups is 3. The van der Waals surface area contributed by atoms with Gasteiger partial charge in [0.1, 0.15) is 6.04 Å². The molecule has 8 heteroatoms. The lowest BCUT2D eigenvalue weighted by Crippen LogP contribution is -2.43. The van der Waals surface area contributed by atoms with Gasteiger partial charge in [-0.1, -0.05) is 48.5 Å². The van der Waals surface area contributed by atoms with E-state index in [0.29, 0.717) is 12.8 Å². The third-order valence-corrected chi connectivity index (χ3v) is 5.69. The van der Waals surface area contributed by atoms with Crippen LogP contribution in [0.25, 0.3) is 10.9 Å². The molecule has 0 aliphatic carbocycles. The number of nitrogens with zero attached hydrogens (tertiary/aromatic N) is 1. The van der Waals surface area contributed by atoms with Crippen LogP contribution in [0.4, 0.5) is 4.79 Å². The van der Waals surface area contributed by atoms with Crippen molar-refractivity contribution in [1.82, 2.24) is 20.5 Å². The number of aliphatic hydroxyl groups excluding tert-OH is 1. The van der Waals surface area contributed by atoms with Crippen LogP contribution in [0.1, 0.15) is 17.5 Å². The maximum atomic E-state index is 12.7. The monoisotopic (exact) mass is 434 g/mol. The van der Waals surface area contributed by atoms with Crippen molar-refractivity contribution in [2.75, 3.05) is 13.2 Å². The lowest BCUT2D eigenvalue weighted by Gasteiger charge is -2.17. The van der Waals surface area contributed by atoms with E-state index in [1.165, 1.54) is 0 Å². The van der Waals surface area contributed by atoms with E-state index in [4.69, 9.17) is 0 Å². The molecule has 2 atom stereocenters. The summed E-state index contributed by atoms with van der Waals surface area (Å²) in [6.07, 6.45) is 2.71. The van der Waals surface area contributed by atoms with Crippen LogP contribution in [0, 0.1) is 0 Å². The number of para-hydroxylation sites is 1. The van der Waals surface area contributed by atoms with E-state index >= 15 is 0 Å². The molecule has 1 fully saturated rings. The Bertz CT molecular complexity index is 1110. The van der Waals surface area contributed by atoms with E-state index in [9.17, 15) is 19.5 Å². The molecule has 0 saturated carbocycles. The Morgan fingerprint density at radius 2 is 1.84 bits per heavy atom. The van der Waals surface area contributed by atoms with Crippen LogP contribution in [0.2, 0.25) is 0 Å². The smallest absolute Gasteiger partial charge is 0.324 e. The van der Waals surface area contributed by atoms with Gasteiger partial charge in [0.05, 0.1) is 19.1 Å². The Balaban J connectivity index is 1.31. The Kier molecular flexibility index (Phi) is 6.51. The first-order valence-corrected chi connectivity index (χ1v) is 10.7. The van der Waals surface area contributed by atoms with Crippen molar-refractivity contribution in [3.63, 3.8) is 0 Å². The predicted molar refractivity (Wildman–Crippen MR) is 120 cm³/mol. The molecule has 1 aliphatic rings. The molecule has 4 amide bonds. The first kappa shape index (κ1) is 21.6. The number of fused-ring (bicyclic) bond motifs is 1. The summed E-state index contributed by atoms with van der Waals surface area (Å²) >= 11 is 0. The van der Waals surface area contributed by atoms with Crippen LogP contribution < -0.4 is 10.6 Å². The molecule has 8 nitrogen and oxygen atoms in total. The minimum atomic E-state index is -0.901. The highest BCUT2D eigenvalue weighted by atomic mass is 16.3. The molecular weight excluding hydrogens is 408 g/mol. The average Bonchev–Trinajstić information content (AvgIpc) is 3.33. The number of rotatable bonds is 9. The number of aromatic nitrogens is 1. The van der Waals surface area contributed by atoms with E-state index in [1.54, 1.807) is 0 Å². The van der Waals surface area contributed by atoms with Gasteiger partial charge < -0.3 is 20.7 Å². The van der Waals surface area contributed by atoms with Crippen molar-refractivity contribution in [1.29, 1.82) is 0 Å². The molecule has 1 saturated heterocycles. The number of aromatic amines is 1. The van der Waals surface area contributed by atoms with Crippen molar-refractivity contribution in [3.8, 4) is 0 Å². The van der Waals surface area contributed by atoms with Gasteiger partial charge in [0, 0.05) is 23.6 Å². The molecule has 2 aromatic carbocycles. The van der Waals surface area contributed by atoms with Crippen molar-refractivity contribution in [2.45, 2.75) is 31.3 Å². The number of nitrogens with one attached hydrogen (secondary N) is 3. The molecule has 0 bridgehead atoms. The Hall–Kier alpha value is -3.65. The molecule has 1 aliphatic heterocycles. The van der Waals surface area contributed by atoms with Gasteiger partial charge in [0.2, 0.25) is 5.91 Å². The van der Waals surface area contributed by atoms with Gasteiger partial charge in [-0.3, -0.25) is 14.5 Å². The fourth-order valence-corrected chi connectivity index (χ4v) is 4.03. The number of benzene rings is 2. The zero-order chi connectivity index (χ0) is 22.5. The molecule has 0 unspecified atom stereocenters. The normalized spacial score (nSPS) is 16.9. The van der Waals surface area contributed by atoms with E-state index < -0.39 is 29.9 Å². The third kappa shape index (κ3) is 4.81. The van der Waals surface area contributed by atoms with E-state index in [0.717, 1.165) is 26.9 Å². The van der Waals surface area contributed by atoms with Gasteiger partial charge in [-0.05, 0) is 30.0 Å². The van der Waals surface area contributed by atoms with Crippen molar-refractivity contribution in [3.05, 3.63) is 71.9 Å². The number of hydrogen-bond acceptors (Lipinski definition) is 4. The number of H-pyrrole nitrogens is 1. The minimum Gasteiger partial charge on any atom is -0.394 e. The van der Waals surface area contributed by atoms with E-state index in [-0.39, 0.29) is 19.6 Å². The van der Waals surface area contributed by atoms with Gasteiger partial charge >= 0.3 is 6.03 Å². The number of aliphatic hydroxyl groups is 1. The van der Waals surface area contributed by atoms with Crippen LogP contribution in [0.15, 0.2) is 60.8 Å². The summed E-state index contributed by atoms with van der Waals surface area (Å²) < 4.78 is 0. The fourth-order valence-electron chi connectivity index (χ4n) is 4.03. The average molecular weight is 434 g/mol. The molecular formula is C24H26N4O4. The number of urea groups is 1. The minimum absolute atomic E-state index is 0.167. The Morgan fingerprint density at radius 1 is 1.09 bits per heavy atom. The van der Waals surface area contributed by atoms with Gasteiger partial charge in [-0.25, -0.2) is 4.79 Å². The molecule has 166 valence electrons. The second kappa shape index (κ2) is 9.65. The highest BCUT2D eigenvalue weighted by Gasteiger charge is 2.39. The molecule has 1 aromatic heterocycles. The van der Waals surface area contributed by atoms with Crippen LogP contribution in [0.5, 0.6) is 0 Å². The van der Waals surface area contributed by atoms with Crippen molar-refractivity contribution >= 4 is 28.7 Å². The highest BCUT2D eigenvalue weighted by molar-refractivity contribution is 6.05. The second-order valence-corrected chi connectivity index (χ2v) is 7.94. The summed E-state index contributed by atoms with van der Waals surface area (Å²) in [6, 6.07) is 15.5. The highest BCUT2D eigenvalue weighted by Crippen LogP contribution is 2.19. The molecule has 0 radical (unpaired) electrons. The molecule has 4 N–H and O–H groups in total. The molecule has 4 rings (SSSR count). The third-order valence-electron chi connectivity index (χ3n) is 5.69. The Morgan fingerprint density at radius 3 is 2.62 bits per heavy atom. The predicted octanol–water partition coefficient (Wildman–Crippen LogP) is 1.74. The lowest BCUT2D eigenvalue weighted by molar-refractivity contribution is -0.131. The first-order valence-electron chi connectivity index (χ1n) is 10.7. The maximum Gasteiger partial charge on any atom is 0.324 e. The largest absolute Gasteiger partial charge is 0.394 e. The van der Waals surface area contributed by atoms with Crippen LogP contribution in [0.3, 0.4) is 0 Å². The summed E-state index contributed by atoms with van der Waals surface area (Å²) in [7, 11) is 0. The maximum absolute atomic E-state index is 12.7. The van der Waals surface area contributed by atoms with E-state index in [2.05, 4.69) is 15.6 Å². The molecule has 2 heterocycles. The lowest BCUT2D eigenvalue weighted by atomic mass is 10.1. The zero-order valence-electron chi connectivity index (χ0n) is 17.6. The molecule has 0 spiro atoms. The van der Waals surface area contributed by atoms with Gasteiger partial charge in [-0.2, -0.15) is 0 Å². The Labute approximate surface area is 185 Å². The van der Waals surface area contributed by atoms with Gasteiger partial charge in [0.15, 0.2) is 0 Å². The topological polar surface area (TPSA) is 115 Å². The summed E-state index contributed by atoms with van der Waals surface area (Å²) in [6.45, 7) is 0.0141. The molecule has 3 aromatic rings. The van der Waals surface area contributed by atoms with Crippen molar-refractivity contribution < 1.29 is 19.5 Å². The number of imide groups is 1. The fraction of sp³-hybridized carbons (Fsp3) is 0.292. The molecule has 32 heavy (non-hydrogen) atoms. The van der Waals surface area contributed by atoms with Gasteiger partial charge in [0.25, 0.3) is 5.91 Å². The van der Waals surface area contributed by atoms with E-state index in [1.807, 2.05) is 60.8 Å². The van der Waals surface area contributed by atoms with Crippen LogP contribution >= 0.6 is 0 Å².